The maximum absolute atomic E-state index is 13.6. The zero-order valence-electron chi connectivity index (χ0n) is 18.8. The van der Waals surface area contributed by atoms with Crippen LogP contribution in [0.25, 0.3) is 0 Å². The van der Waals surface area contributed by atoms with E-state index >= 15 is 0 Å². The third-order valence-electron chi connectivity index (χ3n) is 9.06. The van der Waals surface area contributed by atoms with Gasteiger partial charge in [0.2, 0.25) is 10.0 Å². The highest BCUT2D eigenvalue weighted by Crippen LogP contribution is 2.63. The zero-order chi connectivity index (χ0) is 23.6. The van der Waals surface area contributed by atoms with Crippen LogP contribution in [0.1, 0.15) is 64.7 Å². The van der Waals surface area contributed by atoms with Gasteiger partial charge in [0.1, 0.15) is 5.78 Å². The Bertz CT molecular complexity index is 1110. The van der Waals surface area contributed by atoms with E-state index in [0.29, 0.717) is 37.0 Å². The van der Waals surface area contributed by atoms with Gasteiger partial charge in [-0.05, 0) is 88.0 Å². The lowest BCUT2D eigenvalue weighted by molar-refractivity contribution is -0.387. The molecule has 0 radical (unpaired) electrons. The van der Waals surface area contributed by atoms with Gasteiger partial charge in [-0.1, -0.05) is 12.1 Å². The van der Waals surface area contributed by atoms with Crippen molar-refractivity contribution in [3.05, 3.63) is 34.4 Å². The van der Waals surface area contributed by atoms with Crippen molar-refractivity contribution in [3.8, 4) is 0 Å². The number of rotatable bonds is 8. The molecule has 178 valence electrons. The van der Waals surface area contributed by atoms with Gasteiger partial charge in [-0.15, -0.1) is 0 Å². The van der Waals surface area contributed by atoms with Gasteiger partial charge >= 0.3 is 0 Å². The molecule has 9 heteroatoms. The van der Waals surface area contributed by atoms with E-state index in [4.69, 9.17) is 0 Å². The maximum Gasteiger partial charge on any atom is 0.289 e. The molecular formula is C24H30N2O6S. The van der Waals surface area contributed by atoms with Gasteiger partial charge in [-0.3, -0.25) is 19.7 Å². The topological polar surface area (TPSA) is 123 Å². The summed E-state index contributed by atoms with van der Waals surface area (Å²) in [5.41, 5.74) is -1.89. The normalized spacial score (nSPS) is 34.0. The molecule has 0 spiro atoms. The van der Waals surface area contributed by atoms with Crippen LogP contribution in [-0.4, -0.2) is 30.4 Å². The second kappa shape index (κ2) is 7.70. The summed E-state index contributed by atoms with van der Waals surface area (Å²) in [4.78, 5) is 36.2. The molecule has 8 nitrogen and oxygen atoms in total. The molecule has 0 aliphatic heterocycles. The van der Waals surface area contributed by atoms with E-state index in [1.54, 1.807) is 6.92 Å². The molecule has 6 rings (SSSR count). The molecule has 5 aliphatic carbocycles. The summed E-state index contributed by atoms with van der Waals surface area (Å²) in [5, 5.41) is 11.4. The fourth-order valence-corrected chi connectivity index (χ4v) is 9.04. The summed E-state index contributed by atoms with van der Waals surface area (Å²) in [6.07, 6.45) is 6.66. The number of ketones is 2. The average molecular weight is 475 g/mol. The van der Waals surface area contributed by atoms with Crippen LogP contribution in [0.3, 0.4) is 0 Å². The number of benzene rings is 1. The van der Waals surface area contributed by atoms with Crippen LogP contribution >= 0.6 is 0 Å². The van der Waals surface area contributed by atoms with E-state index in [9.17, 15) is 28.1 Å². The van der Waals surface area contributed by atoms with Crippen LogP contribution in [0.2, 0.25) is 0 Å². The highest BCUT2D eigenvalue weighted by Gasteiger charge is 2.58. The van der Waals surface area contributed by atoms with E-state index in [0.717, 1.165) is 44.6 Å². The molecule has 5 fully saturated rings. The number of nitro groups is 1. The molecule has 1 aromatic rings. The van der Waals surface area contributed by atoms with E-state index in [1.807, 2.05) is 0 Å². The summed E-state index contributed by atoms with van der Waals surface area (Å²) >= 11 is 0. The molecule has 0 heterocycles. The average Bonchev–Trinajstić information content (AvgIpc) is 2.72. The zero-order valence-corrected chi connectivity index (χ0v) is 19.6. The highest BCUT2D eigenvalue weighted by molar-refractivity contribution is 7.89. The van der Waals surface area contributed by atoms with Crippen molar-refractivity contribution in [2.24, 2.45) is 29.1 Å². The summed E-state index contributed by atoms with van der Waals surface area (Å²) < 4.78 is 28.8. The molecular weight excluding hydrogens is 444 g/mol. The molecule has 2 atom stereocenters. The number of nitro benzene ring substituents is 1. The number of Topliss-reactive ketones (excluding diaryl/α,β-unsaturated/α-hetero) is 2. The second-order valence-electron chi connectivity index (χ2n) is 10.9. The van der Waals surface area contributed by atoms with E-state index in [-0.39, 0.29) is 22.9 Å². The van der Waals surface area contributed by atoms with Gasteiger partial charge in [0.05, 0.1) is 10.5 Å². The minimum atomic E-state index is -4.24. The highest BCUT2D eigenvalue weighted by atomic mass is 32.2. The molecule has 5 saturated carbocycles. The van der Waals surface area contributed by atoms with Crippen LogP contribution in [0.4, 0.5) is 5.69 Å². The standard InChI is InChI=1S/C24H30N2O6S/c1-15(27)23-12-16-9-17(13-23)19(18(10-16)14-23)11-22(28)24(7-4-8-24)25-33(31,32)21-6-3-2-5-20(21)26(29)30/h2-3,5-6,16-19,25H,4,7-14H2,1H3. The molecule has 1 N–H and O–H groups in total. The van der Waals surface area contributed by atoms with Crippen LogP contribution in [0.15, 0.2) is 29.2 Å². The number of carbonyl (C=O) groups is 2. The Labute approximate surface area is 193 Å². The Morgan fingerprint density at radius 3 is 2.30 bits per heavy atom. The van der Waals surface area contributed by atoms with Crippen LogP contribution in [-0.2, 0) is 19.6 Å². The van der Waals surface area contributed by atoms with Crippen molar-refractivity contribution in [1.82, 2.24) is 4.72 Å². The monoisotopic (exact) mass is 474 g/mol. The first-order chi connectivity index (χ1) is 15.6. The van der Waals surface area contributed by atoms with Crippen LogP contribution in [0, 0.1) is 39.2 Å². The minimum absolute atomic E-state index is 0.106. The predicted octanol–water partition coefficient (Wildman–Crippen LogP) is 3.79. The second-order valence-corrected chi connectivity index (χ2v) is 12.5. The Morgan fingerprint density at radius 2 is 1.76 bits per heavy atom. The number of hydrogen-bond donors (Lipinski definition) is 1. The third-order valence-corrected chi connectivity index (χ3v) is 10.6. The summed E-state index contributed by atoms with van der Waals surface area (Å²) in [6.45, 7) is 1.70. The number of carbonyl (C=O) groups excluding carboxylic acids is 2. The first-order valence-electron chi connectivity index (χ1n) is 11.9. The number of para-hydroxylation sites is 1. The van der Waals surface area contributed by atoms with Crippen LogP contribution < -0.4 is 4.72 Å². The van der Waals surface area contributed by atoms with Crippen molar-refractivity contribution in [3.63, 3.8) is 0 Å². The summed E-state index contributed by atoms with van der Waals surface area (Å²) in [6, 6.07) is 5.22. The molecule has 1 aromatic carbocycles. The molecule has 0 saturated heterocycles. The molecule has 5 aliphatic rings. The van der Waals surface area contributed by atoms with Crippen molar-refractivity contribution in [2.45, 2.75) is 75.1 Å². The lowest BCUT2D eigenvalue weighted by Crippen LogP contribution is -2.60. The van der Waals surface area contributed by atoms with Gasteiger partial charge in [0.15, 0.2) is 10.7 Å². The first-order valence-corrected chi connectivity index (χ1v) is 13.4. The summed E-state index contributed by atoms with van der Waals surface area (Å²) in [5.74, 6) is 1.60. The van der Waals surface area contributed by atoms with E-state index in [2.05, 4.69) is 4.72 Å². The number of sulfonamides is 1. The van der Waals surface area contributed by atoms with Gasteiger partial charge < -0.3 is 0 Å². The van der Waals surface area contributed by atoms with Crippen molar-refractivity contribution < 1.29 is 22.9 Å². The first kappa shape index (κ1) is 22.7. The van der Waals surface area contributed by atoms with E-state index in [1.165, 1.54) is 18.2 Å². The maximum atomic E-state index is 13.6. The van der Waals surface area contributed by atoms with Crippen molar-refractivity contribution >= 4 is 27.3 Å². The predicted molar refractivity (Wildman–Crippen MR) is 120 cm³/mol. The molecule has 0 amide bonds. The molecule has 0 aromatic heterocycles. The Kier molecular flexibility index (Phi) is 5.28. The third kappa shape index (κ3) is 3.64. The fraction of sp³-hybridized carbons (Fsp3) is 0.667. The molecule has 4 bridgehead atoms. The lowest BCUT2D eigenvalue weighted by atomic mass is 9.44. The lowest BCUT2D eigenvalue weighted by Gasteiger charge is -2.59. The minimum Gasteiger partial charge on any atom is -0.299 e. The van der Waals surface area contributed by atoms with E-state index < -0.39 is 31.1 Å². The number of hydrogen-bond acceptors (Lipinski definition) is 6. The smallest absolute Gasteiger partial charge is 0.289 e. The largest absolute Gasteiger partial charge is 0.299 e. The van der Waals surface area contributed by atoms with Crippen molar-refractivity contribution in [2.75, 3.05) is 0 Å². The van der Waals surface area contributed by atoms with Crippen molar-refractivity contribution in [1.29, 1.82) is 0 Å². The molecule has 33 heavy (non-hydrogen) atoms. The Morgan fingerprint density at radius 1 is 1.12 bits per heavy atom. The van der Waals surface area contributed by atoms with Crippen LogP contribution in [0.5, 0.6) is 0 Å². The van der Waals surface area contributed by atoms with Gasteiger partial charge in [-0.25, -0.2) is 8.42 Å². The fourth-order valence-electron chi connectivity index (χ4n) is 7.42. The Hall–Kier alpha value is -2.13. The molecule has 2 unspecified atom stereocenters. The number of nitrogens with zero attached hydrogens (tertiary/aromatic N) is 1. The van der Waals surface area contributed by atoms with Gasteiger partial charge in [-0.2, -0.15) is 4.72 Å². The summed E-state index contributed by atoms with van der Waals surface area (Å²) in [7, 11) is -4.24. The quantitative estimate of drug-likeness (QED) is 0.452. The van der Waals surface area contributed by atoms with Gasteiger partial charge in [0.25, 0.3) is 5.69 Å². The SMILES string of the molecule is CC(=O)C12CC3CC(C1)C(CC(=O)C1(NS(=O)(=O)c4ccccc4[N+](=O)[O-])CCC1)C(C3)C2. The number of nitrogens with one attached hydrogen (secondary N) is 1. The Balaban J connectivity index is 1.36. The van der Waals surface area contributed by atoms with Gasteiger partial charge in [0, 0.05) is 17.9 Å².